The van der Waals surface area contributed by atoms with Crippen LogP contribution >= 0.6 is 0 Å². The molecule has 3 aromatic rings. The predicted octanol–water partition coefficient (Wildman–Crippen LogP) is 4.80. The Hall–Kier alpha value is -4.20. The molecule has 0 saturated carbocycles. The first-order valence-corrected chi connectivity index (χ1v) is 11.8. The van der Waals surface area contributed by atoms with Gasteiger partial charge < -0.3 is 15.4 Å². The van der Waals surface area contributed by atoms with Crippen LogP contribution in [-0.4, -0.2) is 28.8 Å². The van der Waals surface area contributed by atoms with E-state index in [-0.39, 0.29) is 30.1 Å². The fourth-order valence-corrected chi connectivity index (χ4v) is 3.93. The van der Waals surface area contributed by atoms with Crippen molar-refractivity contribution in [3.63, 3.8) is 0 Å². The summed E-state index contributed by atoms with van der Waals surface area (Å²) >= 11 is 0. The molecule has 0 aromatic heterocycles. The van der Waals surface area contributed by atoms with E-state index in [4.69, 9.17) is 4.74 Å². The average Bonchev–Trinajstić information content (AvgIpc) is 3.20. The van der Waals surface area contributed by atoms with Gasteiger partial charge in [-0.05, 0) is 41.0 Å². The number of carbonyl (C=O) groups excluding carboxylic acids is 3. The van der Waals surface area contributed by atoms with E-state index in [2.05, 4.69) is 10.6 Å². The number of halogens is 1. The van der Waals surface area contributed by atoms with Crippen molar-refractivity contribution in [1.82, 2.24) is 10.2 Å². The first-order valence-electron chi connectivity index (χ1n) is 11.8. The van der Waals surface area contributed by atoms with Crippen LogP contribution in [0.3, 0.4) is 0 Å². The van der Waals surface area contributed by atoms with E-state index in [1.54, 1.807) is 50.2 Å². The molecule has 8 heteroatoms. The third-order valence-corrected chi connectivity index (χ3v) is 5.96. The van der Waals surface area contributed by atoms with Gasteiger partial charge in [-0.15, -0.1) is 0 Å². The number of anilines is 1. The zero-order chi connectivity index (χ0) is 25.7. The Bertz CT molecular complexity index is 1210. The van der Waals surface area contributed by atoms with Gasteiger partial charge in [0.05, 0.1) is 6.54 Å². The monoisotopic (exact) mass is 489 g/mol. The summed E-state index contributed by atoms with van der Waals surface area (Å²) < 4.78 is 19.1. The number of rotatable bonds is 8. The highest BCUT2D eigenvalue weighted by Gasteiger charge is 2.46. The van der Waals surface area contributed by atoms with Gasteiger partial charge in [0.2, 0.25) is 11.8 Å². The molecule has 3 amide bonds. The van der Waals surface area contributed by atoms with Crippen LogP contribution in [0.4, 0.5) is 14.9 Å². The second-order valence-electron chi connectivity index (χ2n) is 8.97. The average molecular weight is 490 g/mol. The number of carbonyl (C=O) groups is 3. The van der Waals surface area contributed by atoms with Gasteiger partial charge >= 0.3 is 6.09 Å². The molecule has 1 heterocycles. The molecule has 3 aromatic carbocycles. The fraction of sp³-hybridized carbons (Fsp3) is 0.250. The molecular weight excluding hydrogens is 461 g/mol. The number of nitrogens with one attached hydrogen (secondary N) is 2. The number of amides is 3. The lowest BCUT2D eigenvalue weighted by atomic mass is 10.00. The smallest absolute Gasteiger partial charge is 0.411 e. The van der Waals surface area contributed by atoms with Gasteiger partial charge in [0, 0.05) is 18.2 Å². The van der Waals surface area contributed by atoms with E-state index in [1.165, 1.54) is 17.0 Å². The quantitative estimate of drug-likeness (QED) is 0.476. The summed E-state index contributed by atoms with van der Waals surface area (Å²) in [6, 6.07) is 21.1. The summed E-state index contributed by atoms with van der Waals surface area (Å²) in [6.45, 7) is 3.98. The third kappa shape index (κ3) is 5.89. The molecule has 186 valence electrons. The van der Waals surface area contributed by atoms with Crippen molar-refractivity contribution in [3.05, 3.63) is 101 Å². The minimum absolute atomic E-state index is 0.0849. The van der Waals surface area contributed by atoms with Gasteiger partial charge in [0.1, 0.15) is 5.82 Å². The number of hydrogen-bond acceptors (Lipinski definition) is 4. The van der Waals surface area contributed by atoms with Gasteiger partial charge in [0.25, 0.3) is 0 Å². The molecule has 1 saturated heterocycles. The molecule has 36 heavy (non-hydrogen) atoms. The highest BCUT2D eigenvalue weighted by atomic mass is 19.1. The Balaban J connectivity index is 1.57. The van der Waals surface area contributed by atoms with Crippen LogP contribution in [0.2, 0.25) is 0 Å². The Morgan fingerprint density at radius 2 is 1.61 bits per heavy atom. The van der Waals surface area contributed by atoms with Gasteiger partial charge in [-0.25, -0.2) is 9.18 Å². The largest absolute Gasteiger partial charge is 0.438 e. The molecule has 0 aliphatic carbocycles. The van der Waals surface area contributed by atoms with Crippen LogP contribution in [0.15, 0.2) is 78.9 Å². The highest BCUT2D eigenvalue weighted by molar-refractivity contribution is 5.92. The normalized spacial score (nSPS) is 17.1. The molecule has 0 spiro atoms. The first kappa shape index (κ1) is 24.9. The first-order chi connectivity index (χ1) is 17.3. The summed E-state index contributed by atoms with van der Waals surface area (Å²) in [6.07, 6.45) is -1.50. The van der Waals surface area contributed by atoms with Crippen molar-refractivity contribution in [2.75, 3.05) is 5.32 Å². The zero-order valence-corrected chi connectivity index (χ0v) is 20.1. The second-order valence-corrected chi connectivity index (χ2v) is 8.97. The van der Waals surface area contributed by atoms with Crippen molar-refractivity contribution < 1.29 is 23.5 Å². The molecule has 1 aliphatic heterocycles. The number of ether oxygens (including phenoxy) is 1. The van der Waals surface area contributed by atoms with E-state index in [9.17, 15) is 18.8 Å². The van der Waals surface area contributed by atoms with E-state index < -0.39 is 18.2 Å². The minimum Gasteiger partial charge on any atom is -0.438 e. The Morgan fingerprint density at radius 3 is 2.25 bits per heavy atom. The van der Waals surface area contributed by atoms with E-state index >= 15 is 0 Å². The minimum atomic E-state index is -0.942. The predicted molar refractivity (Wildman–Crippen MR) is 133 cm³/mol. The summed E-state index contributed by atoms with van der Waals surface area (Å²) in [4.78, 5) is 39.6. The summed E-state index contributed by atoms with van der Waals surface area (Å²) in [7, 11) is 0. The van der Waals surface area contributed by atoms with Crippen LogP contribution in [0.5, 0.6) is 0 Å². The summed E-state index contributed by atoms with van der Waals surface area (Å²) in [5, 5.41) is 5.73. The molecule has 4 rings (SSSR count). The number of benzene rings is 3. The van der Waals surface area contributed by atoms with Crippen molar-refractivity contribution >= 4 is 23.6 Å². The highest BCUT2D eigenvalue weighted by Crippen LogP contribution is 2.34. The summed E-state index contributed by atoms with van der Waals surface area (Å²) in [5.41, 5.74) is 2.81. The molecular formula is C28H28FN3O4. The Morgan fingerprint density at radius 1 is 0.944 bits per heavy atom. The lowest BCUT2D eigenvalue weighted by Crippen LogP contribution is -2.46. The maximum atomic E-state index is 13.4. The third-order valence-electron chi connectivity index (χ3n) is 5.96. The van der Waals surface area contributed by atoms with Crippen molar-refractivity contribution in [2.24, 2.45) is 5.92 Å². The zero-order valence-electron chi connectivity index (χ0n) is 20.1. The van der Waals surface area contributed by atoms with Gasteiger partial charge in [-0.1, -0.05) is 68.4 Å². The molecule has 0 unspecified atom stereocenters. The van der Waals surface area contributed by atoms with Crippen LogP contribution in [0.1, 0.15) is 36.6 Å². The van der Waals surface area contributed by atoms with Crippen LogP contribution < -0.4 is 10.6 Å². The van der Waals surface area contributed by atoms with Gasteiger partial charge in [-0.2, -0.15) is 0 Å². The SMILES string of the molecule is CC(C)C(=O)Nc1ccc([C@H]2OC(=O)N(Cc3ccc(F)cc3)[C@@H]2C(=O)NCc2ccccc2)cc1. The molecule has 0 bridgehead atoms. The molecule has 1 fully saturated rings. The van der Waals surface area contributed by atoms with Gasteiger partial charge in [-0.3, -0.25) is 14.5 Å². The molecule has 2 atom stereocenters. The second kappa shape index (κ2) is 11.0. The maximum Gasteiger partial charge on any atom is 0.411 e. The number of nitrogens with zero attached hydrogens (tertiary/aromatic N) is 1. The van der Waals surface area contributed by atoms with Crippen LogP contribution in [0, 0.1) is 11.7 Å². The molecule has 2 N–H and O–H groups in total. The van der Waals surface area contributed by atoms with Crippen LogP contribution in [0.25, 0.3) is 0 Å². The molecule has 0 radical (unpaired) electrons. The lowest BCUT2D eigenvalue weighted by Gasteiger charge is -2.24. The fourth-order valence-electron chi connectivity index (χ4n) is 3.93. The van der Waals surface area contributed by atoms with Crippen molar-refractivity contribution in [3.8, 4) is 0 Å². The van der Waals surface area contributed by atoms with Crippen molar-refractivity contribution in [2.45, 2.75) is 39.1 Å². The summed E-state index contributed by atoms with van der Waals surface area (Å²) in [5.74, 6) is -1.03. The number of hydrogen-bond donors (Lipinski definition) is 2. The van der Waals surface area contributed by atoms with Crippen LogP contribution in [-0.2, 0) is 27.4 Å². The number of cyclic esters (lactones) is 1. The topological polar surface area (TPSA) is 87.7 Å². The Labute approximate surface area is 209 Å². The Kier molecular flexibility index (Phi) is 7.63. The van der Waals surface area contributed by atoms with Crippen molar-refractivity contribution in [1.29, 1.82) is 0 Å². The molecule has 7 nitrogen and oxygen atoms in total. The lowest BCUT2D eigenvalue weighted by molar-refractivity contribution is -0.126. The molecule has 1 aliphatic rings. The van der Waals surface area contributed by atoms with E-state index in [0.29, 0.717) is 23.4 Å². The van der Waals surface area contributed by atoms with Gasteiger partial charge in [0.15, 0.2) is 12.1 Å². The standard InChI is InChI=1S/C28H28FN3O4/c1-18(2)26(33)31-23-14-10-21(11-15-23)25-24(27(34)30-16-19-6-4-3-5-7-19)32(28(35)36-25)17-20-8-12-22(29)13-9-20/h3-15,18,24-25H,16-17H2,1-2H3,(H,30,34)(H,31,33)/t24-,25+/m0/s1. The van der Waals surface area contributed by atoms with E-state index in [1.807, 2.05) is 30.3 Å². The van der Waals surface area contributed by atoms with E-state index in [0.717, 1.165) is 5.56 Å². The maximum absolute atomic E-state index is 13.4.